The van der Waals surface area contributed by atoms with Crippen molar-refractivity contribution in [2.45, 2.75) is 56.5 Å². The van der Waals surface area contributed by atoms with Gasteiger partial charge >= 0.3 is 0 Å². The lowest BCUT2D eigenvalue weighted by atomic mass is 9.84. The maximum absolute atomic E-state index is 13.3. The molecule has 2 aliphatic rings. The Labute approximate surface area is 150 Å². The quantitative estimate of drug-likeness (QED) is 0.812. The Bertz CT molecular complexity index is 604. The molecule has 0 unspecified atom stereocenters. The zero-order valence-electron chi connectivity index (χ0n) is 13.8. The van der Waals surface area contributed by atoms with Crippen LogP contribution in [-0.2, 0) is 0 Å². The van der Waals surface area contributed by atoms with Gasteiger partial charge in [0.25, 0.3) is 5.91 Å². The van der Waals surface area contributed by atoms with E-state index in [1.165, 1.54) is 6.07 Å². The lowest BCUT2D eigenvalue weighted by molar-refractivity contribution is -0.0459. The molecule has 1 aromatic carbocycles. The second kappa shape index (κ2) is 7.54. The van der Waals surface area contributed by atoms with Crippen LogP contribution in [0.3, 0.4) is 0 Å². The fourth-order valence-electron chi connectivity index (χ4n) is 3.49. The summed E-state index contributed by atoms with van der Waals surface area (Å²) in [6, 6.07) is 4.09. The van der Waals surface area contributed by atoms with Crippen molar-refractivity contribution in [1.82, 2.24) is 10.6 Å². The molecule has 7 heteroatoms. The molecule has 2 fully saturated rings. The van der Waals surface area contributed by atoms with Crippen LogP contribution in [0.4, 0.5) is 13.2 Å². The number of hydrogen-bond acceptors (Lipinski definition) is 2. The SMILES string of the molecule is O=C(NC1CC(NCC2CCC(F)(F)CC2)C1)c1cc(F)cc(Cl)c1. The predicted molar refractivity (Wildman–Crippen MR) is 90.6 cm³/mol. The fourth-order valence-corrected chi connectivity index (χ4v) is 3.72. The van der Waals surface area contributed by atoms with Crippen molar-refractivity contribution >= 4 is 17.5 Å². The number of halogens is 4. The molecule has 3 nitrogen and oxygen atoms in total. The Morgan fingerprint density at radius 2 is 1.84 bits per heavy atom. The summed E-state index contributed by atoms with van der Waals surface area (Å²) in [5.41, 5.74) is 0.213. The molecular formula is C18H22ClF3N2O. The van der Waals surface area contributed by atoms with Crippen LogP contribution in [0.1, 0.15) is 48.9 Å². The molecule has 0 heterocycles. The molecule has 0 atom stereocenters. The molecule has 1 aromatic rings. The Balaban J connectivity index is 1.36. The van der Waals surface area contributed by atoms with Gasteiger partial charge in [-0.15, -0.1) is 0 Å². The first-order valence-corrected chi connectivity index (χ1v) is 9.07. The molecule has 3 rings (SSSR count). The molecule has 0 spiro atoms. The van der Waals surface area contributed by atoms with E-state index in [0.29, 0.717) is 24.8 Å². The summed E-state index contributed by atoms with van der Waals surface area (Å²) in [6.45, 7) is 0.751. The summed E-state index contributed by atoms with van der Waals surface area (Å²) < 4.78 is 39.5. The van der Waals surface area contributed by atoms with Gasteiger partial charge in [-0.2, -0.15) is 0 Å². The van der Waals surface area contributed by atoms with E-state index in [0.717, 1.165) is 31.5 Å². The maximum Gasteiger partial charge on any atom is 0.251 e. The van der Waals surface area contributed by atoms with E-state index in [9.17, 15) is 18.0 Å². The topological polar surface area (TPSA) is 41.1 Å². The van der Waals surface area contributed by atoms with Gasteiger partial charge in [-0.1, -0.05) is 11.6 Å². The van der Waals surface area contributed by atoms with Gasteiger partial charge in [0, 0.05) is 35.5 Å². The molecule has 2 N–H and O–H groups in total. The lowest BCUT2D eigenvalue weighted by Crippen LogP contribution is -2.53. The van der Waals surface area contributed by atoms with Gasteiger partial charge in [0.2, 0.25) is 5.92 Å². The Hall–Kier alpha value is -1.27. The van der Waals surface area contributed by atoms with E-state index < -0.39 is 11.7 Å². The van der Waals surface area contributed by atoms with Crippen LogP contribution in [0.5, 0.6) is 0 Å². The smallest absolute Gasteiger partial charge is 0.251 e. The van der Waals surface area contributed by atoms with E-state index in [1.54, 1.807) is 0 Å². The summed E-state index contributed by atoms with van der Waals surface area (Å²) in [6.07, 6.45) is 2.67. The zero-order chi connectivity index (χ0) is 18.0. The highest BCUT2D eigenvalue weighted by Crippen LogP contribution is 2.36. The highest BCUT2D eigenvalue weighted by Gasteiger charge is 2.36. The summed E-state index contributed by atoms with van der Waals surface area (Å²) in [5.74, 6) is -3.05. The number of carbonyl (C=O) groups excluding carboxylic acids is 1. The first-order chi connectivity index (χ1) is 11.8. The van der Waals surface area contributed by atoms with Crippen LogP contribution in [0.25, 0.3) is 0 Å². The zero-order valence-corrected chi connectivity index (χ0v) is 14.6. The van der Waals surface area contributed by atoms with E-state index in [1.807, 2.05) is 0 Å². The molecular weight excluding hydrogens is 353 g/mol. The molecule has 0 aromatic heterocycles. The van der Waals surface area contributed by atoms with Crippen LogP contribution in [0.2, 0.25) is 5.02 Å². The fraction of sp³-hybridized carbons (Fsp3) is 0.611. The highest BCUT2D eigenvalue weighted by molar-refractivity contribution is 6.31. The van der Waals surface area contributed by atoms with Crippen LogP contribution >= 0.6 is 11.6 Å². The Morgan fingerprint density at radius 3 is 2.48 bits per heavy atom. The van der Waals surface area contributed by atoms with Crippen molar-refractivity contribution < 1.29 is 18.0 Å². The molecule has 0 radical (unpaired) electrons. The molecule has 138 valence electrons. The molecule has 25 heavy (non-hydrogen) atoms. The lowest BCUT2D eigenvalue weighted by Gasteiger charge is -2.38. The van der Waals surface area contributed by atoms with Crippen molar-refractivity contribution in [3.05, 3.63) is 34.6 Å². The van der Waals surface area contributed by atoms with E-state index in [4.69, 9.17) is 11.6 Å². The monoisotopic (exact) mass is 374 g/mol. The van der Waals surface area contributed by atoms with Gasteiger partial charge in [0.05, 0.1) is 0 Å². The van der Waals surface area contributed by atoms with Crippen molar-refractivity contribution in [3.63, 3.8) is 0 Å². The minimum absolute atomic E-state index is 0.0150. The average Bonchev–Trinajstić information content (AvgIpc) is 2.49. The van der Waals surface area contributed by atoms with Crippen LogP contribution in [0.15, 0.2) is 18.2 Å². The maximum atomic E-state index is 13.3. The van der Waals surface area contributed by atoms with Gasteiger partial charge in [0.1, 0.15) is 5.82 Å². The second-order valence-electron chi connectivity index (χ2n) is 7.20. The molecule has 2 saturated carbocycles. The van der Waals surface area contributed by atoms with Crippen LogP contribution < -0.4 is 10.6 Å². The van der Waals surface area contributed by atoms with Gasteiger partial charge in [-0.25, -0.2) is 13.2 Å². The number of carbonyl (C=O) groups is 1. The Morgan fingerprint density at radius 1 is 1.16 bits per heavy atom. The first-order valence-electron chi connectivity index (χ1n) is 8.69. The third-order valence-electron chi connectivity index (χ3n) is 5.13. The number of benzene rings is 1. The van der Waals surface area contributed by atoms with E-state index >= 15 is 0 Å². The summed E-state index contributed by atoms with van der Waals surface area (Å²) >= 11 is 5.76. The summed E-state index contributed by atoms with van der Waals surface area (Å²) in [4.78, 5) is 12.1. The predicted octanol–water partition coefficient (Wildman–Crippen LogP) is 4.16. The van der Waals surface area contributed by atoms with Crippen LogP contribution in [0, 0.1) is 11.7 Å². The number of hydrogen-bond donors (Lipinski definition) is 2. The summed E-state index contributed by atoms with van der Waals surface area (Å²) in [5, 5.41) is 6.45. The molecule has 2 aliphatic carbocycles. The molecule has 0 saturated heterocycles. The molecule has 1 amide bonds. The van der Waals surface area contributed by atoms with E-state index in [2.05, 4.69) is 10.6 Å². The third kappa shape index (κ3) is 5.11. The third-order valence-corrected chi connectivity index (χ3v) is 5.35. The van der Waals surface area contributed by atoms with Crippen molar-refractivity contribution in [3.8, 4) is 0 Å². The number of rotatable bonds is 5. The Kier molecular flexibility index (Phi) is 5.58. The minimum atomic E-state index is -2.48. The standard InChI is InChI=1S/C18H22ClF3N2O/c19-13-5-12(6-14(20)7-13)17(25)24-16-8-15(9-16)23-10-11-1-3-18(21,22)4-2-11/h5-7,11,15-16,23H,1-4,8-10H2,(H,24,25). The molecule has 0 bridgehead atoms. The van der Waals surface area contributed by atoms with Crippen molar-refractivity contribution in [1.29, 1.82) is 0 Å². The largest absolute Gasteiger partial charge is 0.349 e. The number of amides is 1. The molecule has 0 aliphatic heterocycles. The van der Waals surface area contributed by atoms with Crippen molar-refractivity contribution in [2.24, 2.45) is 5.92 Å². The van der Waals surface area contributed by atoms with Gasteiger partial charge in [-0.3, -0.25) is 4.79 Å². The van der Waals surface area contributed by atoms with E-state index in [-0.39, 0.29) is 35.4 Å². The van der Waals surface area contributed by atoms with Crippen molar-refractivity contribution in [2.75, 3.05) is 6.54 Å². The highest BCUT2D eigenvalue weighted by atomic mass is 35.5. The second-order valence-corrected chi connectivity index (χ2v) is 7.64. The average molecular weight is 375 g/mol. The first kappa shape index (κ1) is 18.5. The van der Waals surface area contributed by atoms with Gasteiger partial charge in [-0.05, 0) is 56.3 Å². The number of alkyl halides is 2. The van der Waals surface area contributed by atoms with Gasteiger partial charge in [0.15, 0.2) is 0 Å². The van der Waals surface area contributed by atoms with Gasteiger partial charge < -0.3 is 10.6 Å². The summed E-state index contributed by atoms with van der Waals surface area (Å²) in [7, 11) is 0. The van der Waals surface area contributed by atoms with Crippen LogP contribution in [-0.4, -0.2) is 30.5 Å². The number of nitrogens with one attached hydrogen (secondary N) is 2. The minimum Gasteiger partial charge on any atom is -0.349 e. The normalized spacial score (nSPS) is 26.1.